The van der Waals surface area contributed by atoms with E-state index in [2.05, 4.69) is 211 Å². The molecule has 8 aromatic carbocycles. The first-order valence-corrected chi connectivity index (χ1v) is 17.7. The lowest BCUT2D eigenvalue weighted by atomic mass is 9.96. The normalized spacial score (nSPS) is 11.1. The van der Waals surface area contributed by atoms with Crippen molar-refractivity contribution in [2.24, 2.45) is 0 Å². The summed E-state index contributed by atoms with van der Waals surface area (Å²) < 4.78 is 6.82. The quantitative estimate of drug-likeness (QED) is 0.161. The molecule has 1 heterocycles. The maximum atomic E-state index is 6.82. The smallest absolute Gasteiger partial charge is 0.145 e. The number of hydrogen-bond acceptors (Lipinski definition) is 2. The summed E-state index contributed by atoms with van der Waals surface area (Å²) in [6.07, 6.45) is 0. The van der Waals surface area contributed by atoms with Gasteiger partial charge in [0.15, 0.2) is 0 Å². The summed E-state index contributed by atoms with van der Waals surface area (Å²) in [5.74, 6) is 0.846. The molecule has 52 heavy (non-hydrogen) atoms. The van der Waals surface area contributed by atoms with E-state index in [1.54, 1.807) is 0 Å². The Hall–Kier alpha value is -6.90. The molecular weight excluding hydrogens is 631 g/mol. The molecule has 9 aromatic rings. The number of hydrogen-bond donors (Lipinski definition) is 0. The van der Waals surface area contributed by atoms with E-state index in [9.17, 15) is 0 Å². The van der Waals surface area contributed by atoms with Crippen LogP contribution in [0.25, 0.3) is 66.8 Å². The fraction of sp³-hybridized carbons (Fsp3) is 0. The lowest BCUT2D eigenvalue weighted by Gasteiger charge is -2.29. The van der Waals surface area contributed by atoms with Crippen LogP contribution in [0.3, 0.4) is 0 Å². The fourth-order valence-electron chi connectivity index (χ4n) is 7.21. The standard InChI is InChI=1S/C50H35NO/c1-4-16-36(17-5-1)38-28-30-40(31-29-38)43-22-10-13-25-46(43)51(42-34-32-39(33-35-42)37-18-6-2-7-19-37)47-26-14-11-23-44(47)50-49(41-20-8-3-9-21-41)45-24-12-15-27-48(45)52-50/h1-35H. The molecule has 0 saturated carbocycles. The second kappa shape index (κ2) is 13.8. The third-order valence-electron chi connectivity index (χ3n) is 9.73. The Balaban J connectivity index is 1.25. The van der Waals surface area contributed by atoms with Crippen LogP contribution in [0.15, 0.2) is 217 Å². The first-order valence-electron chi connectivity index (χ1n) is 17.7. The van der Waals surface area contributed by atoms with Gasteiger partial charge in [0.1, 0.15) is 11.3 Å². The minimum atomic E-state index is 0.846. The molecule has 0 unspecified atom stereocenters. The van der Waals surface area contributed by atoms with Crippen LogP contribution in [0.1, 0.15) is 0 Å². The minimum absolute atomic E-state index is 0.846. The van der Waals surface area contributed by atoms with Crippen LogP contribution < -0.4 is 4.90 Å². The highest BCUT2D eigenvalue weighted by Crippen LogP contribution is 2.49. The van der Waals surface area contributed by atoms with Crippen molar-refractivity contribution < 1.29 is 4.42 Å². The van der Waals surface area contributed by atoms with Gasteiger partial charge >= 0.3 is 0 Å². The van der Waals surface area contributed by atoms with Crippen LogP contribution in [0.5, 0.6) is 0 Å². The van der Waals surface area contributed by atoms with Crippen LogP contribution in [0, 0.1) is 0 Å². The van der Waals surface area contributed by atoms with Crippen LogP contribution in [0.4, 0.5) is 17.1 Å². The second-order valence-electron chi connectivity index (χ2n) is 12.9. The molecule has 9 rings (SSSR count). The third-order valence-corrected chi connectivity index (χ3v) is 9.73. The number of para-hydroxylation sites is 3. The maximum absolute atomic E-state index is 6.82. The zero-order chi connectivity index (χ0) is 34.7. The van der Waals surface area contributed by atoms with Crippen molar-refractivity contribution in [3.63, 3.8) is 0 Å². The van der Waals surface area contributed by atoms with Gasteiger partial charge in [-0.2, -0.15) is 0 Å². The zero-order valence-electron chi connectivity index (χ0n) is 28.6. The molecule has 0 spiro atoms. The molecule has 0 bridgehead atoms. The van der Waals surface area contributed by atoms with Crippen molar-refractivity contribution in [1.82, 2.24) is 0 Å². The summed E-state index contributed by atoms with van der Waals surface area (Å²) in [5, 5.41) is 1.09. The molecule has 0 N–H and O–H groups in total. The average molecular weight is 666 g/mol. The van der Waals surface area contributed by atoms with Crippen molar-refractivity contribution in [1.29, 1.82) is 0 Å². The Morgan fingerprint density at radius 3 is 1.35 bits per heavy atom. The van der Waals surface area contributed by atoms with Crippen molar-refractivity contribution >= 4 is 28.0 Å². The van der Waals surface area contributed by atoms with Crippen molar-refractivity contribution in [3.05, 3.63) is 212 Å². The third kappa shape index (κ3) is 5.87. The number of nitrogens with zero attached hydrogens (tertiary/aromatic N) is 1. The first kappa shape index (κ1) is 31.1. The Morgan fingerprint density at radius 2 is 0.731 bits per heavy atom. The summed E-state index contributed by atoms with van der Waals surface area (Å²) >= 11 is 0. The summed E-state index contributed by atoms with van der Waals surface area (Å²) in [6, 6.07) is 75.1. The molecule has 0 fully saturated rings. The monoisotopic (exact) mass is 665 g/mol. The highest BCUT2D eigenvalue weighted by Gasteiger charge is 2.25. The number of benzene rings is 8. The van der Waals surface area contributed by atoms with Crippen LogP contribution in [-0.4, -0.2) is 0 Å². The summed E-state index contributed by atoms with van der Waals surface area (Å²) in [7, 11) is 0. The highest BCUT2D eigenvalue weighted by molar-refractivity contribution is 6.04. The lowest BCUT2D eigenvalue weighted by Crippen LogP contribution is -2.12. The van der Waals surface area contributed by atoms with Gasteiger partial charge in [-0.25, -0.2) is 0 Å². The molecule has 0 aliphatic rings. The molecule has 0 saturated heterocycles. The van der Waals surface area contributed by atoms with Gasteiger partial charge in [-0.1, -0.05) is 176 Å². The minimum Gasteiger partial charge on any atom is -0.455 e. The molecular formula is C50H35NO. The predicted octanol–water partition coefficient (Wildman–Crippen LogP) is 14.2. The van der Waals surface area contributed by atoms with Crippen molar-refractivity contribution in [3.8, 4) is 55.8 Å². The van der Waals surface area contributed by atoms with E-state index >= 15 is 0 Å². The van der Waals surface area contributed by atoms with E-state index in [1.165, 1.54) is 22.3 Å². The number of furan rings is 1. The highest BCUT2D eigenvalue weighted by atomic mass is 16.3. The fourth-order valence-corrected chi connectivity index (χ4v) is 7.21. The molecule has 2 heteroatoms. The largest absolute Gasteiger partial charge is 0.455 e. The van der Waals surface area contributed by atoms with E-state index in [0.29, 0.717) is 0 Å². The molecule has 1 aromatic heterocycles. The Labute approximate surface area is 304 Å². The van der Waals surface area contributed by atoms with Gasteiger partial charge < -0.3 is 9.32 Å². The SMILES string of the molecule is c1ccc(-c2ccc(-c3ccccc3N(c3ccc(-c4ccccc4)cc3)c3ccccc3-c3oc4ccccc4c3-c3ccccc3)cc2)cc1. The molecule has 0 radical (unpaired) electrons. The van der Waals surface area contributed by atoms with Gasteiger partial charge in [0.05, 0.1) is 11.4 Å². The predicted molar refractivity (Wildman–Crippen MR) is 218 cm³/mol. The van der Waals surface area contributed by atoms with Crippen LogP contribution >= 0.6 is 0 Å². The summed E-state index contributed by atoms with van der Waals surface area (Å²) in [6.45, 7) is 0. The number of fused-ring (bicyclic) bond motifs is 1. The molecule has 246 valence electrons. The zero-order valence-corrected chi connectivity index (χ0v) is 28.6. The van der Waals surface area contributed by atoms with Gasteiger partial charge in [-0.05, 0) is 69.8 Å². The second-order valence-corrected chi connectivity index (χ2v) is 12.9. The Morgan fingerprint density at radius 1 is 0.308 bits per heavy atom. The van der Waals surface area contributed by atoms with E-state index in [4.69, 9.17) is 4.42 Å². The molecule has 0 aliphatic heterocycles. The molecule has 0 amide bonds. The maximum Gasteiger partial charge on any atom is 0.145 e. The number of anilines is 3. The summed E-state index contributed by atoms with van der Waals surface area (Å²) in [4.78, 5) is 2.38. The first-order chi connectivity index (χ1) is 25.8. The Bertz CT molecular complexity index is 2590. The summed E-state index contributed by atoms with van der Waals surface area (Å²) in [5.41, 5.74) is 14.3. The number of rotatable bonds is 8. The van der Waals surface area contributed by atoms with E-state index in [0.717, 1.165) is 61.6 Å². The van der Waals surface area contributed by atoms with Crippen molar-refractivity contribution in [2.75, 3.05) is 4.90 Å². The van der Waals surface area contributed by atoms with Crippen LogP contribution in [0.2, 0.25) is 0 Å². The van der Waals surface area contributed by atoms with E-state index in [1.807, 2.05) is 6.07 Å². The molecule has 0 atom stereocenters. The van der Waals surface area contributed by atoms with Gasteiger partial charge in [0.25, 0.3) is 0 Å². The van der Waals surface area contributed by atoms with Gasteiger partial charge in [-0.3, -0.25) is 0 Å². The molecule has 0 aliphatic carbocycles. The van der Waals surface area contributed by atoms with Gasteiger partial charge in [-0.15, -0.1) is 0 Å². The average Bonchev–Trinajstić information content (AvgIpc) is 3.62. The van der Waals surface area contributed by atoms with Crippen LogP contribution in [-0.2, 0) is 0 Å². The lowest BCUT2D eigenvalue weighted by molar-refractivity contribution is 0.632. The van der Waals surface area contributed by atoms with E-state index < -0.39 is 0 Å². The van der Waals surface area contributed by atoms with Gasteiger partial charge in [0.2, 0.25) is 0 Å². The van der Waals surface area contributed by atoms with Crippen molar-refractivity contribution in [2.45, 2.75) is 0 Å². The molecule has 2 nitrogen and oxygen atoms in total. The topological polar surface area (TPSA) is 16.4 Å². The Kier molecular flexibility index (Phi) is 8.24. The van der Waals surface area contributed by atoms with Gasteiger partial charge in [0, 0.05) is 27.8 Å². The van der Waals surface area contributed by atoms with E-state index in [-0.39, 0.29) is 0 Å².